The lowest BCUT2D eigenvalue weighted by Gasteiger charge is -2.21. The Morgan fingerprint density at radius 3 is 2.28 bits per heavy atom. The van der Waals surface area contributed by atoms with Gasteiger partial charge in [0.15, 0.2) is 11.5 Å². The van der Waals surface area contributed by atoms with Crippen molar-refractivity contribution in [2.24, 2.45) is 5.92 Å². The molecular formula is C17H24N2O6. The molecule has 8 nitrogen and oxygen atoms in total. The second-order valence-electron chi connectivity index (χ2n) is 5.62. The van der Waals surface area contributed by atoms with Gasteiger partial charge in [-0.25, -0.2) is 4.79 Å². The van der Waals surface area contributed by atoms with Gasteiger partial charge in [0, 0.05) is 12.5 Å². The Morgan fingerprint density at radius 1 is 1.20 bits per heavy atom. The maximum Gasteiger partial charge on any atom is 0.326 e. The summed E-state index contributed by atoms with van der Waals surface area (Å²) in [6.45, 7) is 4.91. The number of amides is 2. The molecular weight excluding hydrogens is 328 g/mol. The summed E-state index contributed by atoms with van der Waals surface area (Å²) in [5.41, 5.74) is 0.408. The molecule has 0 aliphatic heterocycles. The smallest absolute Gasteiger partial charge is 0.326 e. The summed E-state index contributed by atoms with van der Waals surface area (Å²) in [5.74, 6) is -1.76. The number of carboxylic acids is 1. The largest absolute Gasteiger partial charge is 0.493 e. The van der Waals surface area contributed by atoms with E-state index in [-0.39, 0.29) is 34.6 Å². The quantitative estimate of drug-likeness (QED) is 0.658. The first-order chi connectivity index (χ1) is 11.7. The zero-order chi connectivity index (χ0) is 19.1. The summed E-state index contributed by atoms with van der Waals surface area (Å²) in [7, 11) is 2.81. The average molecular weight is 352 g/mol. The predicted molar refractivity (Wildman–Crippen MR) is 92.2 cm³/mol. The van der Waals surface area contributed by atoms with E-state index >= 15 is 0 Å². The van der Waals surface area contributed by atoms with Crippen molar-refractivity contribution in [2.75, 3.05) is 19.5 Å². The Hall–Kier alpha value is -2.77. The van der Waals surface area contributed by atoms with E-state index in [9.17, 15) is 19.5 Å². The molecule has 2 amide bonds. The topological polar surface area (TPSA) is 114 Å². The lowest BCUT2D eigenvalue weighted by molar-refractivity contribution is -0.140. The summed E-state index contributed by atoms with van der Waals surface area (Å²) in [6.07, 6.45) is 0.598. The molecule has 0 spiro atoms. The highest BCUT2D eigenvalue weighted by Gasteiger charge is 2.26. The van der Waals surface area contributed by atoms with Crippen LogP contribution in [0, 0.1) is 5.92 Å². The van der Waals surface area contributed by atoms with E-state index in [1.54, 1.807) is 6.92 Å². The fraction of sp³-hybridized carbons (Fsp3) is 0.471. The number of anilines is 1. The van der Waals surface area contributed by atoms with Crippen molar-refractivity contribution in [3.05, 3.63) is 17.7 Å². The maximum absolute atomic E-state index is 12.5. The monoisotopic (exact) mass is 352 g/mol. The standard InChI is InChI=1S/C17H24N2O6/c1-6-9(2)14(17(22)23)19-16(21)11-7-12(18-10(3)20)15(25-5)13(8-11)24-4/h7-9,14H,6H2,1-5H3,(H,18,20)(H,19,21)(H,22,23)/t9-,14-/m0/s1. The number of carboxylic acid groups (broad SMARTS) is 1. The molecule has 2 atom stereocenters. The third-order valence-corrected chi connectivity index (χ3v) is 3.82. The molecule has 0 aromatic heterocycles. The van der Waals surface area contributed by atoms with Crippen LogP contribution in [0.4, 0.5) is 5.69 Å². The molecule has 3 N–H and O–H groups in total. The molecule has 0 saturated carbocycles. The fourth-order valence-corrected chi connectivity index (χ4v) is 2.29. The highest BCUT2D eigenvalue weighted by molar-refractivity contribution is 6.00. The highest BCUT2D eigenvalue weighted by atomic mass is 16.5. The van der Waals surface area contributed by atoms with Gasteiger partial charge in [0.1, 0.15) is 6.04 Å². The third-order valence-electron chi connectivity index (χ3n) is 3.82. The van der Waals surface area contributed by atoms with Crippen molar-refractivity contribution in [1.82, 2.24) is 5.32 Å². The van der Waals surface area contributed by atoms with Crippen molar-refractivity contribution < 1.29 is 29.0 Å². The second kappa shape index (κ2) is 8.91. The number of benzene rings is 1. The molecule has 0 aliphatic carbocycles. The lowest BCUT2D eigenvalue weighted by Crippen LogP contribution is -2.45. The number of rotatable bonds is 8. The molecule has 0 fully saturated rings. The van der Waals surface area contributed by atoms with E-state index in [0.717, 1.165) is 0 Å². The highest BCUT2D eigenvalue weighted by Crippen LogP contribution is 2.36. The number of carbonyl (C=O) groups excluding carboxylic acids is 2. The van der Waals surface area contributed by atoms with Crippen molar-refractivity contribution in [3.8, 4) is 11.5 Å². The van der Waals surface area contributed by atoms with Crippen LogP contribution < -0.4 is 20.1 Å². The van der Waals surface area contributed by atoms with E-state index in [2.05, 4.69) is 10.6 Å². The Kier molecular flexibility index (Phi) is 7.22. The van der Waals surface area contributed by atoms with Crippen LogP contribution in [-0.2, 0) is 9.59 Å². The van der Waals surface area contributed by atoms with Crippen LogP contribution in [-0.4, -0.2) is 43.2 Å². The minimum Gasteiger partial charge on any atom is -0.493 e. The van der Waals surface area contributed by atoms with E-state index < -0.39 is 17.9 Å². The minimum absolute atomic E-state index is 0.149. The molecule has 1 aromatic rings. The van der Waals surface area contributed by atoms with E-state index in [1.807, 2.05) is 6.92 Å². The first-order valence-corrected chi connectivity index (χ1v) is 7.82. The van der Waals surface area contributed by atoms with Crippen LogP contribution in [0.3, 0.4) is 0 Å². The fourth-order valence-electron chi connectivity index (χ4n) is 2.29. The maximum atomic E-state index is 12.5. The summed E-state index contributed by atoms with van der Waals surface area (Å²) in [6, 6.07) is 1.82. The first-order valence-electron chi connectivity index (χ1n) is 7.82. The second-order valence-corrected chi connectivity index (χ2v) is 5.62. The Labute approximate surface area is 146 Å². The average Bonchev–Trinajstić information content (AvgIpc) is 2.56. The molecule has 0 aliphatic rings. The van der Waals surface area contributed by atoms with Crippen LogP contribution >= 0.6 is 0 Å². The van der Waals surface area contributed by atoms with Crippen molar-refractivity contribution in [1.29, 1.82) is 0 Å². The summed E-state index contributed by atoms with van der Waals surface area (Å²) in [4.78, 5) is 35.3. The number of methoxy groups -OCH3 is 2. The molecule has 25 heavy (non-hydrogen) atoms. The van der Waals surface area contributed by atoms with Gasteiger partial charge in [-0.1, -0.05) is 20.3 Å². The van der Waals surface area contributed by atoms with Crippen molar-refractivity contribution in [2.45, 2.75) is 33.2 Å². The number of carbonyl (C=O) groups is 3. The molecule has 0 unspecified atom stereocenters. The zero-order valence-corrected chi connectivity index (χ0v) is 15.0. The summed E-state index contributed by atoms with van der Waals surface area (Å²) in [5, 5.41) is 14.4. The van der Waals surface area contributed by atoms with Gasteiger partial charge < -0.3 is 25.2 Å². The first kappa shape index (κ1) is 20.3. The molecule has 0 bridgehead atoms. The Morgan fingerprint density at radius 2 is 1.84 bits per heavy atom. The normalized spacial score (nSPS) is 12.7. The number of hydrogen-bond donors (Lipinski definition) is 3. The number of nitrogens with one attached hydrogen (secondary N) is 2. The number of aliphatic carboxylic acids is 1. The molecule has 0 saturated heterocycles. The number of hydrogen-bond acceptors (Lipinski definition) is 5. The van der Waals surface area contributed by atoms with Gasteiger partial charge in [-0.15, -0.1) is 0 Å². The number of ether oxygens (including phenoxy) is 2. The van der Waals surface area contributed by atoms with Crippen LogP contribution in [0.15, 0.2) is 12.1 Å². The molecule has 8 heteroatoms. The molecule has 1 rings (SSSR count). The van der Waals surface area contributed by atoms with Gasteiger partial charge in [-0.05, 0) is 18.1 Å². The van der Waals surface area contributed by atoms with Crippen LogP contribution in [0.5, 0.6) is 11.5 Å². The van der Waals surface area contributed by atoms with Crippen LogP contribution in [0.2, 0.25) is 0 Å². The van der Waals surface area contributed by atoms with Crippen LogP contribution in [0.25, 0.3) is 0 Å². The lowest BCUT2D eigenvalue weighted by atomic mass is 9.99. The Balaban J connectivity index is 3.24. The van der Waals surface area contributed by atoms with Gasteiger partial charge in [-0.2, -0.15) is 0 Å². The van der Waals surface area contributed by atoms with Gasteiger partial charge in [-0.3, -0.25) is 9.59 Å². The van der Waals surface area contributed by atoms with E-state index in [0.29, 0.717) is 6.42 Å². The van der Waals surface area contributed by atoms with Gasteiger partial charge >= 0.3 is 5.97 Å². The predicted octanol–water partition coefficient (Wildman–Crippen LogP) is 1.89. The summed E-state index contributed by atoms with van der Waals surface area (Å²) >= 11 is 0. The molecule has 0 radical (unpaired) electrons. The van der Waals surface area contributed by atoms with Gasteiger partial charge in [0.2, 0.25) is 5.91 Å². The molecule has 138 valence electrons. The van der Waals surface area contributed by atoms with E-state index in [4.69, 9.17) is 9.47 Å². The molecule has 0 heterocycles. The van der Waals surface area contributed by atoms with Crippen molar-refractivity contribution >= 4 is 23.5 Å². The Bertz CT molecular complexity index is 659. The van der Waals surface area contributed by atoms with Crippen LogP contribution in [0.1, 0.15) is 37.6 Å². The minimum atomic E-state index is -1.11. The van der Waals surface area contributed by atoms with Crippen molar-refractivity contribution in [3.63, 3.8) is 0 Å². The third kappa shape index (κ3) is 5.10. The molecule has 1 aromatic carbocycles. The van der Waals surface area contributed by atoms with Gasteiger partial charge in [0.25, 0.3) is 5.91 Å². The van der Waals surface area contributed by atoms with Gasteiger partial charge in [0.05, 0.1) is 19.9 Å². The summed E-state index contributed by atoms with van der Waals surface area (Å²) < 4.78 is 10.4. The SMILES string of the molecule is CC[C@H](C)[C@H](NC(=O)c1cc(NC(C)=O)c(OC)c(OC)c1)C(=O)O. The zero-order valence-electron chi connectivity index (χ0n) is 15.0. The van der Waals surface area contributed by atoms with E-state index in [1.165, 1.54) is 33.3 Å².